The molecule has 1 aromatic carbocycles. The van der Waals surface area contributed by atoms with E-state index in [2.05, 4.69) is 52.5 Å². The minimum absolute atomic E-state index is 0.127. The first-order chi connectivity index (χ1) is 11.4. The normalized spacial score (nSPS) is 14.0. The van der Waals surface area contributed by atoms with Crippen LogP contribution in [0.3, 0.4) is 0 Å². The number of rotatable bonds is 6. The van der Waals surface area contributed by atoms with Crippen LogP contribution in [0.4, 0.5) is 11.8 Å². The number of ether oxygens (including phenoxy) is 2. The van der Waals surface area contributed by atoms with Crippen molar-refractivity contribution in [2.75, 3.05) is 18.1 Å². The number of hydrogen-bond acceptors (Lipinski definition) is 6. The molecule has 0 saturated heterocycles. The Labute approximate surface area is 155 Å². The lowest BCUT2D eigenvalue weighted by molar-refractivity contribution is 0.296. The molecule has 0 spiro atoms. The summed E-state index contributed by atoms with van der Waals surface area (Å²) >= 11 is 2.26. The SMILES string of the molecule is CC(C)c1cc(OCC2CC2)c(I)cc1Oc1cnc(N)nc1N. The third-order valence-electron chi connectivity index (χ3n) is 3.88. The van der Waals surface area contributed by atoms with Gasteiger partial charge in [0.15, 0.2) is 11.6 Å². The summed E-state index contributed by atoms with van der Waals surface area (Å²) in [5, 5.41) is 0. The van der Waals surface area contributed by atoms with Crippen LogP contribution in [0.15, 0.2) is 18.3 Å². The second-order valence-electron chi connectivity index (χ2n) is 6.31. The zero-order chi connectivity index (χ0) is 17.3. The predicted octanol–water partition coefficient (Wildman–Crippen LogP) is 3.95. The predicted molar refractivity (Wildman–Crippen MR) is 102 cm³/mol. The molecule has 3 rings (SSSR count). The second-order valence-corrected chi connectivity index (χ2v) is 7.47. The van der Waals surface area contributed by atoms with E-state index in [9.17, 15) is 0 Å². The van der Waals surface area contributed by atoms with Crippen LogP contribution in [0, 0.1) is 9.49 Å². The van der Waals surface area contributed by atoms with Crippen molar-refractivity contribution < 1.29 is 9.47 Å². The number of anilines is 2. The molecule has 1 aliphatic carbocycles. The van der Waals surface area contributed by atoms with Crippen molar-refractivity contribution >= 4 is 34.4 Å². The molecule has 1 aromatic heterocycles. The van der Waals surface area contributed by atoms with Gasteiger partial charge in [-0.25, -0.2) is 4.98 Å². The molecular formula is C17H21IN4O2. The van der Waals surface area contributed by atoms with Crippen LogP contribution in [0.2, 0.25) is 0 Å². The van der Waals surface area contributed by atoms with E-state index in [-0.39, 0.29) is 17.7 Å². The highest BCUT2D eigenvalue weighted by Crippen LogP contribution is 2.38. The fraction of sp³-hybridized carbons (Fsp3) is 0.412. The van der Waals surface area contributed by atoms with Gasteiger partial charge in [0.2, 0.25) is 5.95 Å². The van der Waals surface area contributed by atoms with Crippen LogP contribution in [-0.4, -0.2) is 16.6 Å². The van der Waals surface area contributed by atoms with Crippen molar-refractivity contribution in [2.45, 2.75) is 32.6 Å². The molecule has 4 N–H and O–H groups in total. The van der Waals surface area contributed by atoms with Gasteiger partial charge in [0.05, 0.1) is 16.4 Å². The summed E-state index contributed by atoms with van der Waals surface area (Å²) in [6.07, 6.45) is 4.03. The van der Waals surface area contributed by atoms with Crippen molar-refractivity contribution in [3.05, 3.63) is 27.5 Å². The molecule has 6 nitrogen and oxygen atoms in total. The van der Waals surface area contributed by atoms with E-state index in [4.69, 9.17) is 20.9 Å². The molecule has 1 heterocycles. The molecular weight excluding hydrogens is 419 g/mol. The first-order valence-corrected chi connectivity index (χ1v) is 9.04. The van der Waals surface area contributed by atoms with Gasteiger partial charge in [-0.3, -0.25) is 0 Å². The van der Waals surface area contributed by atoms with Crippen LogP contribution >= 0.6 is 22.6 Å². The van der Waals surface area contributed by atoms with E-state index < -0.39 is 0 Å². The number of nitrogen functional groups attached to an aromatic ring is 2. The molecule has 0 atom stereocenters. The Morgan fingerprint density at radius 2 is 1.96 bits per heavy atom. The fourth-order valence-corrected chi connectivity index (χ4v) is 2.88. The smallest absolute Gasteiger partial charge is 0.222 e. The highest BCUT2D eigenvalue weighted by molar-refractivity contribution is 14.1. The first-order valence-electron chi connectivity index (χ1n) is 7.96. The standard InChI is InChI=1S/C17H21IN4O2/c1-9(2)11-5-14(23-8-10-3-4-10)12(18)6-13(11)24-15-7-21-17(20)22-16(15)19/h5-7,9-10H,3-4,8H2,1-2H3,(H4,19,20,21,22). The summed E-state index contributed by atoms with van der Waals surface area (Å²) in [5.74, 6) is 3.37. The summed E-state index contributed by atoms with van der Waals surface area (Å²) in [7, 11) is 0. The number of nitrogens with two attached hydrogens (primary N) is 2. The monoisotopic (exact) mass is 440 g/mol. The van der Waals surface area contributed by atoms with Crippen molar-refractivity contribution in [3.63, 3.8) is 0 Å². The van der Waals surface area contributed by atoms with Gasteiger partial charge < -0.3 is 20.9 Å². The van der Waals surface area contributed by atoms with Crippen LogP contribution in [-0.2, 0) is 0 Å². The third kappa shape index (κ3) is 4.00. The maximum atomic E-state index is 5.97. The third-order valence-corrected chi connectivity index (χ3v) is 4.72. The number of hydrogen-bond donors (Lipinski definition) is 2. The Morgan fingerprint density at radius 1 is 1.21 bits per heavy atom. The second kappa shape index (κ2) is 7.00. The lowest BCUT2D eigenvalue weighted by Gasteiger charge is -2.17. The maximum absolute atomic E-state index is 5.97. The van der Waals surface area contributed by atoms with E-state index in [1.807, 2.05) is 6.07 Å². The van der Waals surface area contributed by atoms with Gasteiger partial charge >= 0.3 is 0 Å². The van der Waals surface area contributed by atoms with Gasteiger partial charge in [-0.15, -0.1) is 0 Å². The average molecular weight is 440 g/mol. The highest BCUT2D eigenvalue weighted by Gasteiger charge is 2.23. The average Bonchev–Trinajstić information content (AvgIpc) is 3.33. The van der Waals surface area contributed by atoms with Gasteiger partial charge in [0.1, 0.15) is 11.5 Å². The molecule has 1 fully saturated rings. The summed E-state index contributed by atoms with van der Waals surface area (Å²) in [6, 6.07) is 4.02. The Kier molecular flexibility index (Phi) is 4.98. The summed E-state index contributed by atoms with van der Waals surface area (Å²) in [6.45, 7) is 5.01. The van der Waals surface area contributed by atoms with Crippen LogP contribution in [0.5, 0.6) is 17.2 Å². The molecule has 24 heavy (non-hydrogen) atoms. The summed E-state index contributed by atoms with van der Waals surface area (Å²) in [4.78, 5) is 7.87. The first kappa shape index (κ1) is 17.1. The van der Waals surface area contributed by atoms with Gasteiger partial charge in [0.25, 0.3) is 0 Å². The molecule has 128 valence electrons. The Balaban J connectivity index is 1.89. The van der Waals surface area contributed by atoms with Gasteiger partial charge in [-0.2, -0.15) is 4.98 Å². The fourth-order valence-electron chi connectivity index (χ4n) is 2.29. The molecule has 0 amide bonds. The molecule has 7 heteroatoms. The van der Waals surface area contributed by atoms with E-state index >= 15 is 0 Å². The van der Waals surface area contributed by atoms with Crippen LogP contribution < -0.4 is 20.9 Å². The van der Waals surface area contributed by atoms with Crippen molar-refractivity contribution in [1.29, 1.82) is 0 Å². The van der Waals surface area contributed by atoms with Crippen molar-refractivity contribution in [3.8, 4) is 17.2 Å². The topological polar surface area (TPSA) is 96.3 Å². The molecule has 2 aromatic rings. The van der Waals surface area contributed by atoms with E-state index in [1.54, 1.807) is 0 Å². The molecule has 0 bridgehead atoms. The molecule has 1 aliphatic rings. The Bertz CT molecular complexity index is 748. The zero-order valence-corrected chi connectivity index (χ0v) is 15.9. The highest BCUT2D eigenvalue weighted by atomic mass is 127. The largest absolute Gasteiger partial charge is 0.492 e. The number of nitrogens with zero attached hydrogens (tertiary/aromatic N) is 2. The maximum Gasteiger partial charge on any atom is 0.222 e. The molecule has 0 aliphatic heterocycles. The summed E-state index contributed by atoms with van der Waals surface area (Å²) < 4.78 is 12.9. The van der Waals surface area contributed by atoms with E-state index in [0.717, 1.165) is 27.2 Å². The lowest BCUT2D eigenvalue weighted by Crippen LogP contribution is -2.05. The zero-order valence-electron chi connectivity index (χ0n) is 13.8. The minimum atomic E-state index is 0.127. The minimum Gasteiger partial charge on any atom is -0.492 e. The van der Waals surface area contributed by atoms with Crippen LogP contribution in [0.25, 0.3) is 0 Å². The molecule has 1 saturated carbocycles. The Hall–Kier alpha value is -1.77. The number of aromatic nitrogens is 2. The van der Waals surface area contributed by atoms with Gasteiger partial charge in [-0.05, 0) is 59.4 Å². The van der Waals surface area contributed by atoms with Crippen LogP contribution in [0.1, 0.15) is 38.2 Å². The van der Waals surface area contributed by atoms with Crippen molar-refractivity contribution in [1.82, 2.24) is 9.97 Å². The Morgan fingerprint density at radius 3 is 2.58 bits per heavy atom. The number of benzene rings is 1. The summed E-state index contributed by atoms with van der Waals surface area (Å²) in [5.41, 5.74) is 12.5. The quantitative estimate of drug-likeness (QED) is 0.661. The van der Waals surface area contributed by atoms with Crippen molar-refractivity contribution in [2.24, 2.45) is 5.92 Å². The molecule has 0 unspecified atom stereocenters. The molecule has 0 radical (unpaired) electrons. The lowest BCUT2D eigenvalue weighted by atomic mass is 10.0. The van der Waals surface area contributed by atoms with E-state index in [1.165, 1.54) is 19.0 Å². The van der Waals surface area contributed by atoms with Gasteiger partial charge in [0, 0.05) is 5.56 Å². The van der Waals surface area contributed by atoms with E-state index in [0.29, 0.717) is 11.7 Å². The number of halogens is 1. The van der Waals surface area contributed by atoms with Gasteiger partial charge in [-0.1, -0.05) is 13.8 Å².